The molecule has 5 nitrogen and oxygen atoms in total. The lowest BCUT2D eigenvalue weighted by molar-refractivity contribution is 0.268. The molecule has 0 aliphatic heterocycles. The highest BCUT2D eigenvalue weighted by atomic mass is 32.2. The maximum atomic E-state index is 11.1. The summed E-state index contributed by atoms with van der Waals surface area (Å²) in [5.74, 6) is -0.459. The molecule has 94 valence electrons. The minimum Gasteiger partial charge on any atom is -0.304 e. The predicted octanol–water partition coefficient (Wildman–Crippen LogP) is 0.550. The van der Waals surface area contributed by atoms with Gasteiger partial charge in [-0.15, -0.1) is 0 Å². The Labute approximate surface area is 98.5 Å². The number of sulfonamides is 1. The van der Waals surface area contributed by atoms with E-state index in [1.807, 2.05) is 7.05 Å². The van der Waals surface area contributed by atoms with Gasteiger partial charge in [-0.25, -0.2) is 13.1 Å². The summed E-state index contributed by atoms with van der Waals surface area (Å²) in [5.41, 5.74) is 0. The van der Waals surface area contributed by atoms with Crippen LogP contribution in [0, 0.1) is 11.3 Å². The summed E-state index contributed by atoms with van der Waals surface area (Å²) in [5, 5.41) is 8.26. The maximum Gasteiger partial charge on any atom is 0.225 e. The first-order valence-corrected chi connectivity index (χ1v) is 7.09. The fraction of sp³-hybridized carbons (Fsp3) is 0.900. The minimum absolute atomic E-state index is 0.413. The molecule has 0 saturated carbocycles. The van der Waals surface area contributed by atoms with Crippen LogP contribution in [0.4, 0.5) is 0 Å². The zero-order valence-corrected chi connectivity index (χ0v) is 11.0. The highest BCUT2D eigenvalue weighted by Crippen LogP contribution is 1.97. The number of nitrogens with one attached hydrogen (secondary N) is 1. The Balaban J connectivity index is 3.59. The van der Waals surface area contributed by atoms with E-state index in [9.17, 15) is 8.42 Å². The molecule has 0 aromatic carbocycles. The quantitative estimate of drug-likeness (QED) is 0.636. The van der Waals surface area contributed by atoms with E-state index in [1.54, 1.807) is 6.07 Å². The molecule has 1 N–H and O–H groups in total. The molecule has 0 heterocycles. The molecule has 0 amide bonds. The van der Waals surface area contributed by atoms with Gasteiger partial charge in [-0.05, 0) is 40.3 Å². The SMILES string of the molecule is CC(C)N(C)CCCCNS(=O)(=O)CC#N. The van der Waals surface area contributed by atoms with Crippen LogP contribution in [-0.2, 0) is 10.0 Å². The zero-order chi connectivity index (χ0) is 12.6. The third kappa shape index (κ3) is 7.63. The van der Waals surface area contributed by atoms with E-state index in [1.165, 1.54) is 0 Å². The average molecular weight is 247 g/mol. The van der Waals surface area contributed by atoms with Crippen molar-refractivity contribution in [2.75, 3.05) is 25.9 Å². The lowest BCUT2D eigenvalue weighted by Crippen LogP contribution is -2.29. The number of nitriles is 1. The minimum atomic E-state index is -3.37. The first kappa shape index (κ1) is 15.4. The largest absolute Gasteiger partial charge is 0.304 e. The number of rotatable bonds is 8. The average Bonchev–Trinajstić information content (AvgIpc) is 2.16. The summed E-state index contributed by atoms with van der Waals surface area (Å²) < 4.78 is 24.6. The molecule has 0 aliphatic rings. The molecule has 6 heteroatoms. The monoisotopic (exact) mass is 247 g/mol. The van der Waals surface area contributed by atoms with Crippen molar-refractivity contribution in [3.05, 3.63) is 0 Å². The van der Waals surface area contributed by atoms with Crippen LogP contribution in [0.2, 0.25) is 0 Å². The van der Waals surface area contributed by atoms with Gasteiger partial charge in [0.05, 0.1) is 6.07 Å². The van der Waals surface area contributed by atoms with Crippen molar-refractivity contribution in [1.29, 1.82) is 5.26 Å². The summed E-state index contributed by atoms with van der Waals surface area (Å²) in [6, 6.07) is 2.13. The van der Waals surface area contributed by atoms with E-state index >= 15 is 0 Å². The van der Waals surface area contributed by atoms with Crippen molar-refractivity contribution in [2.24, 2.45) is 0 Å². The Morgan fingerprint density at radius 2 is 2.00 bits per heavy atom. The number of unbranched alkanes of at least 4 members (excludes halogenated alkanes) is 1. The van der Waals surface area contributed by atoms with Crippen LogP contribution < -0.4 is 4.72 Å². The smallest absolute Gasteiger partial charge is 0.225 e. The summed E-state index contributed by atoms with van der Waals surface area (Å²) >= 11 is 0. The molecule has 0 atom stereocenters. The zero-order valence-electron chi connectivity index (χ0n) is 10.2. The van der Waals surface area contributed by atoms with Gasteiger partial charge in [-0.1, -0.05) is 0 Å². The molecular formula is C10H21N3O2S. The molecule has 0 bridgehead atoms. The lowest BCUT2D eigenvalue weighted by Gasteiger charge is -2.20. The summed E-state index contributed by atoms with van der Waals surface area (Å²) in [4.78, 5) is 2.21. The third-order valence-corrected chi connectivity index (χ3v) is 3.55. The standard InChI is InChI=1S/C10H21N3O2S/c1-10(2)13(3)8-5-4-7-12-16(14,15)9-6-11/h10,12H,4-5,7-9H2,1-3H3. The fourth-order valence-electron chi connectivity index (χ4n) is 1.11. The van der Waals surface area contributed by atoms with Crippen molar-refractivity contribution in [3.63, 3.8) is 0 Å². The highest BCUT2D eigenvalue weighted by molar-refractivity contribution is 7.89. The molecule has 0 aromatic rings. The van der Waals surface area contributed by atoms with E-state index in [2.05, 4.69) is 23.5 Å². The van der Waals surface area contributed by atoms with Crippen LogP contribution in [-0.4, -0.2) is 45.2 Å². The van der Waals surface area contributed by atoms with Crippen LogP contribution in [0.25, 0.3) is 0 Å². The molecule has 0 unspecified atom stereocenters. The Bertz CT molecular complexity index is 319. The summed E-state index contributed by atoms with van der Waals surface area (Å²) in [7, 11) is -1.33. The molecule has 0 aliphatic carbocycles. The maximum absolute atomic E-state index is 11.1. The normalized spacial score (nSPS) is 12.0. The van der Waals surface area contributed by atoms with E-state index in [0.717, 1.165) is 19.4 Å². The lowest BCUT2D eigenvalue weighted by atomic mass is 10.2. The Morgan fingerprint density at radius 3 is 2.50 bits per heavy atom. The highest BCUT2D eigenvalue weighted by Gasteiger charge is 2.08. The number of nitrogens with zero attached hydrogens (tertiary/aromatic N) is 2. The number of hydrogen-bond donors (Lipinski definition) is 1. The van der Waals surface area contributed by atoms with Crippen LogP contribution >= 0.6 is 0 Å². The van der Waals surface area contributed by atoms with Crippen LogP contribution in [0.5, 0.6) is 0 Å². The van der Waals surface area contributed by atoms with Crippen LogP contribution in [0.15, 0.2) is 0 Å². The van der Waals surface area contributed by atoms with Crippen LogP contribution in [0.3, 0.4) is 0 Å². The van der Waals surface area contributed by atoms with Gasteiger partial charge in [-0.2, -0.15) is 5.26 Å². The van der Waals surface area contributed by atoms with E-state index in [4.69, 9.17) is 5.26 Å². The van der Waals surface area contributed by atoms with Gasteiger partial charge in [-0.3, -0.25) is 0 Å². The second kappa shape index (κ2) is 7.60. The van der Waals surface area contributed by atoms with Crippen molar-refractivity contribution in [2.45, 2.75) is 32.7 Å². The summed E-state index contributed by atoms with van der Waals surface area (Å²) in [6.45, 7) is 5.61. The topological polar surface area (TPSA) is 73.2 Å². The van der Waals surface area contributed by atoms with Gasteiger partial charge < -0.3 is 4.90 Å². The third-order valence-electron chi connectivity index (χ3n) is 2.40. The Morgan fingerprint density at radius 1 is 1.38 bits per heavy atom. The second-order valence-electron chi connectivity index (χ2n) is 4.09. The van der Waals surface area contributed by atoms with Gasteiger partial charge >= 0.3 is 0 Å². The second-order valence-corrected chi connectivity index (χ2v) is 5.90. The first-order chi connectivity index (χ1) is 7.39. The van der Waals surface area contributed by atoms with Crippen molar-refractivity contribution < 1.29 is 8.42 Å². The number of hydrogen-bond acceptors (Lipinski definition) is 4. The Kier molecular flexibility index (Phi) is 7.30. The molecule has 0 rings (SSSR count). The predicted molar refractivity (Wildman–Crippen MR) is 64.4 cm³/mol. The molecule has 0 fully saturated rings. The fourth-order valence-corrected chi connectivity index (χ4v) is 1.84. The van der Waals surface area contributed by atoms with Gasteiger partial charge in [0.15, 0.2) is 5.75 Å². The molecule has 0 radical (unpaired) electrons. The molecule has 0 saturated heterocycles. The molecular weight excluding hydrogens is 226 g/mol. The van der Waals surface area contributed by atoms with E-state index in [-0.39, 0.29) is 0 Å². The van der Waals surface area contributed by atoms with Gasteiger partial charge in [0, 0.05) is 12.6 Å². The van der Waals surface area contributed by atoms with Gasteiger partial charge in [0.25, 0.3) is 0 Å². The van der Waals surface area contributed by atoms with E-state index in [0.29, 0.717) is 12.6 Å². The summed E-state index contributed by atoms with van der Waals surface area (Å²) in [6.07, 6.45) is 1.74. The molecule has 0 spiro atoms. The van der Waals surface area contributed by atoms with Gasteiger partial charge in [0.2, 0.25) is 10.0 Å². The first-order valence-electron chi connectivity index (χ1n) is 5.43. The van der Waals surface area contributed by atoms with E-state index < -0.39 is 15.8 Å². The van der Waals surface area contributed by atoms with Crippen molar-refractivity contribution >= 4 is 10.0 Å². The van der Waals surface area contributed by atoms with Crippen molar-refractivity contribution in [1.82, 2.24) is 9.62 Å². The van der Waals surface area contributed by atoms with Crippen LogP contribution in [0.1, 0.15) is 26.7 Å². The van der Waals surface area contributed by atoms with Gasteiger partial charge in [0.1, 0.15) is 0 Å². The molecule has 16 heavy (non-hydrogen) atoms. The molecule has 0 aromatic heterocycles. The Hall–Kier alpha value is -0.640. The van der Waals surface area contributed by atoms with Crippen molar-refractivity contribution in [3.8, 4) is 6.07 Å².